The Labute approximate surface area is 136 Å². The average Bonchev–Trinajstić information content (AvgIpc) is 3.23. The number of carbonyl (C=O) groups excluding carboxylic acids is 1. The van der Waals surface area contributed by atoms with Crippen molar-refractivity contribution in [3.05, 3.63) is 47.7 Å². The van der Waals surface area contributed by atoms with Gasteiger partial charge in [-0.25, -0.2) is 0 Å². The van der Waals surface area contributed by atoms with Crippen molar-refractivity contribution in [2.75, 3.05) is 19.7 Å². The highest BCUT2D eigenvalue weighted by Gasteiger charge is 2.28. The molecular weight excluding hydrogens is 290 g/mol. The number of amides is 1. The fourth-order valence-electron chi connectivity index (χ4n) is 2.98. The molecule has 122 valence electrons. The lowest BCUT2D eigenvalue weighted by Gasteiger charge is -2.14. The summed E-state index contributed by atoms with van der Waals surface area (Å²) in [5.74, 6) is 1.64. The van der Waals surface area contributed by atoms with Crippen molar-refractivity contribution in [1.29, 1.82) is 0 Å². The fourth-order valence-corrected chi connectivity index (χ4v) is 2.98. The Morgan fingerprint density at radius 3 is 2.87 bits per heavy atom. The summed E-state index contributed by atoms with van der Waals surface area (Å²) in [6, 6.07) is 11.8. The number of likely N-dealkylation sites (tertiary alicyclic amines) is 1. The maximum atomic E-state index is 12.5. The number of carbonyl (C=O) groups is 1. The highest BCUT2D eigenvalue weighted by molar-refractivity contribution is 5.92. The number of rotatable bonds is 4. The molecule has 3 rings (SSSR count). The number of benzene rings is 1. The summed E-state index contributed by atoms with van der Waals surface area (Å²) < 4.78 is 5.79. The van der Waals surface area contributed by atoms with Crippen LogP contribution in [0.25, 0.3) is 11.3 Å². The summed E-state index contributed by atoms with van der Waals surface area (Å²) in [5.41, 5.74) is 2.24. The van der Waals surface area contributed by atoms with Crippen molar-refractivity contribution in [3.8, 4) is 11.3 Å². The summed E-state index contributed by atoms with van der Waals surface area (Å²) in [6.45, 7) is 5.73. The van der Waals surface area contributed by atoms with Crippen molar-refractivity contribution in [2.45, 2.75) is 26.2 Å². The van der Waals surface area contributed by atoms with E-state index in [4.69, 9.17) is 4.42 Å². The van der Waals surface area contributed by atoms with Crippen LogP contribution < -0.4 is 0 Å². The molecule has 1 aromatic heterocycles. The quantitative estimate of drug-likeness (QED) is 0.939. The zero-order chi connectivity index (χ0) is 16.4. The lowest BCUT2D eigenvalue weighted by atomic mass is 10.0. The van der Waals surface area contributed by atoms with E-state index in [9.17, 15) is 9.90 Å². The molecule has 0 spiro atoms. The second kappa shape index (κ2) is 6.59. The summed E-state index contributed by atoms with van der Waals surface area (Å²) in [4.78, 5) is 14.2. The van der Waals surface area contributed by atoms with Gasteiger partial charge >= 0.3 is 0 Å². The first-order valence-electron chi connectivity index (χ1n) is 8.18. The molecule has 4 heteroatoms. The van der Waals surface area contributed by atoms with Crippen LogP contribution in [0, 0.1) is 5.92 Å². The molecule has 4 nitrogen and oxygen atoms in total. The van der Waals surface area contributed by atoms with Gasteiger partial charge in [-0.05, 0) is 36.1 Å². The third kappa shape index (κ3) is 3.32. The first-order chi connectivity index (χ1) is 11.1. The van der Waals surface area contributed by atoms with Gasteiger partial charge < -0.3 is 14.4 Å². The van der Waals surface area contributed by atoms with E-state index in [0.29, 0.717) is 30.5 Å². The Hall–Kier alpha value is -2.07. The molecule has 1 saturated heterocycles. The highest BCUT2D eigenvalue weighted by atomic mass is 16.4. The van der Waals surface area contributed by atoms with Crippen molar-refractivity contribution < 1.29 is 14.3 Å². The van der Waals surface area contributed by atoms with Crippen LogP contribution in [0.3, 0.4) is 0 Å². The summed E-state index contributed by atoms with van der Waals surface area (Å²) in [6.07, 6.45) is 0.853. The van der Waals surface area contributed by atoms with Crippen molar-refractivity contribution in [2.24, 2.45) is 5.92 Å². The van der Waals surface area contributed by atoms with Gasteiger partial charge in [0.05, 0.1) is 0 Å². The highest BCUT2D eigenvalue weighted by Crippen LogP contribution is 2.27. The molecule has 0 saturated carbocycles. The average molecular weight is 313 g/mol. The third-order valence-electron chi connectivity index (χ3n) is 4.49. The Balaban J connectivity index is 1.78. The molecule has 0 radical (unpaired) electrons. The van der Waals surface area contributed by atoms with Crippen molar-refractivity contribution in [3.63, 3.8) is 0 Å². The number of aliphatic hydroxyl groups is 1. The van der Waals surface area contributed by atoms with E-state index in [1.807, 2.05) is 18.2 Å². The monoisotopic (exact) mass is 313 g/mol. The van der Waals surface area contributed by atoms with Gasteiger partial charge in [0.2, 0.25) is 0 Å². The van der Waals surface area contributed by atoms with Gasteiger partial charge in [0.1, 0.15) is 5.76 Å². The molecule has 23 heavy (non-hydrogen) atoms. The minimum Gasteiger partial charge on any atom is -0.451 e. The number of hydrogen-bond acceptors (Lipinski definition) is 3. The van der Waals surface area contributed by atoms with Crippen LogP contribution in [-0.2, 0) is 0 Å². The molecule has 2 heterocycles. The van der Waals surface area contributed by atoms with E-state index in [1.165, 1.54) is 5.56 Å². The lowest BCUT2D eigenvalue weighted by molar-refractivity contribution is 0.0751. The van der Waals surface area contributed by atoms with Gasteiger partial charge in [0.15, 0.2) is 5.76 Å². The number of hydrogen-bond donors (Lipinski definition) is 1. The maximum Gasteiger partial charge on any atom is 0.289 e. The molecule has 1 N–H and O–H groups in total. The Bertz CT molecular complexity index is 689. The lowest BCUT2D eigenvalue weighted by Crippen LogP contribution is -2.28. The van der Waals surface area contributed by atoms with Crippen LogP contribution in [0.4, 0.5) is 0 Å². The molecule has 1 amide bonds. The van der Waals surface area contributed by atoms with E-state index < -0.39 is 0 Å². The molecule has 1 fully saturated rings. The molecular formula is C19H23NO3. The van der Waals surface area contributed by atoms with E-state index in [2.05, 4.69) is 26.0 Å². The molecule has 0 unspecified atom stereocenters. The topological polar surface area (TPSA) is 53.7 Å². The van der Waals surface area contributed by atoms with Crippen molar-refractivity contribution >= 4 is 5.91 Å². The molecule has 2 aromatic rings. The van der Waals surface area contributed by atoms with E-state index in [-0.39, 0.29) is 18.4 Å². The molecule has 1 aliphatic rings. The number of nitrogens with zero attached hydrogens (tertiary/aromatic N) is 1. The van der Waals surface area contributed by atoms with E-state index >= 15 is 0 Å². The van der Waals surface area contributed by atoms with Crippen LogP contribution >= 0.6 is 0 Å². The molecule has 0 aliphatic carbocycles. The first-order valence-corrected chi connectivity index (χ1v) is 8.18. The minimum atomic E-state index is -0.0905. The van der Waals surface area contributed by atoms with E-state index in [1.54, 1.807) is 11.0 Å². The second-order valence-electron chi connectivity index (χ2n) is 6.53. The van der Waals surface area contributed by atoms with Crippen LogP contribution in [0.1, 0.15) is 42.3 Å². The van der Waals surface area contributed by atoms with Crippen LogP contribution in [0.5, 0.6) is 0 Å². The van der Waals surface area contributed by atoms with Gasteiger partial charge in [-0.15, -0.1) is 0 Å². The largest absolute Gasteiger partial charge is 0.451 e. The predicted molar refractivity (Wildman–Crippen MR) is 89.3 cm³/mol. The standard InChI is InChI=1S/C19H23NO3/c1-13(2)15-4-3-5-16(10-15)17-6-7-18(23-17)19(22)20-9-8-14(11-20)12-21/h3-7,10,13-14,21H,8-9,11-12H2,1-2H3/t14-/m1/s1. The maximum absolute atomic E-state index is 12.5. The van der Waals surface area contributed by atoms with Crippen LogP contribution in [0.2, 0.25) is 0 Å². The fraction of sp³-hybridized carbons (Fsp3) is 0.421. The zero-order valence-electron chi connectivity index (χ0n) is 13.7. The van der Waals surface area contributed by atoms with Crippen LogP contribution in [0.15, 0.2) is 40.8 Å². The van der Waals surface area contributed by atoms with Gasteiger partial charge in [0, 0.05) is 31.2 Å². The van der Waals surface area contributed by atoms with Gasteiger partial charge in [-0.3, -0.25) is 4.79 Å². The Morgan fingerprint density at radius 1 is 1.35 bits per heavy atom. The second-order valence-corrected chi connectivity index (χ2v) is 6.53. The predicted octanol–water partition coefficient (Wildman–Crippen LogP) is 3.52. The normalized spacial score (nSPS) is 17.9. The van der Waals surface area contributed by atoms with Gasteiger partial charge in [-0.2, -0.15) is 0 Å². The number of aliphatic hydroxyl groups excluding tert-OH is 1. The smallest absolute Gasteiger partial charge is 0.289 e. The summed E-state index contributed by atoms with van der Waals surface area (Å²) >= 11 is 0. The summed E-state index contributed by atoms with van der Waals surface area (Å²) in [7, 11) is 0. The van der Waals surface area contributed by atoms with Gasteiger partial charge in [0.25, 0.3) is 5.91 Å². The summed E-state index contributed by atoms with van der Waals surface area (Å²) in [5, 5.41) is 9.20. The zero-order valence-corrected chi connectivity index (χ0v) is 13.7. The Kier molecular flexibility index (Phi) is 4.53. The molecule has 1 aromatic carbocycles. The Morgan fingerprint density at radius 2 is 2.17 bits per heavy atom. The number of furan rings is 1. The SMILES string of the molecule is CC(C)c1cccc(-c2ccc(C(=O)N3CC[C@@H](CO)C3)o2)c1. The molecule has 1 atom stereocenters. The first kappa shape index (κ1) is 15.8. The van der Waals surface area contributed by atoms with Gasteiger partial charge in [-0.1, -0.05) is 32.0 Å². The van der Waals surface area contributed by atoms with Crippen molar-refractivity contribution in [1.82, 2.24) is 4.90 Å². The third-order valence-corrected chi connectivity index (χ3v) is 4.49. The van der Waals surface area contributed by atoms with Crippen LogP contribution in [-0.4, -0.2) is 35.6 Å². The molecule has 0 bridgehead atoms. The van der Waals surface area contributed by atoms with E-state index in [0.717, 1.165) is 12.0 Å². The molecule has 1 aliphatic heterocycles. The minimum absolute atomic E-state index is 0.0905.